The molecule has 0 atom stereocenters. The molecule has 1 N–H and O–H groups in total. The normalized spacial score (nSPS) is 10.9. The lowest BCUT2D eigenvalue weighted by Crippen LogP contribution is -2.27. The molecule has 1 aromatic rings. The average molecular weight is 328 g/mol. The molecule has 0 aromatic heterocycles. The molecule has 1 rings (SSSR count). The number of rotatable bonds is 4. The van der Waals surface area contributed by atoms with Crippen molar-refractivity contribution >= 4 is 34.0 Å². The summed E-state index contributed by atoms with van der Waals surface area (Å²) in [5.74, 6) is 0. The fourth-order valence-electron chi connectivity index (χ4n) is 1.46. The van der Waals surface area contributed by atoms with Gasteiger partial charge in [-0.1, -0.05) is 6.07 Å². The molecule has 0 unspecified atom stereocenters. The van der Waals surface area contributed by atoms with Crippen molar-refractivity contribution in [2.24, 2.45) is 0 Å². The lowest BCUT2D eigenvalue weighted by atomic mass is 10.1. The zero-order valence-electron chi connectivity index (χ0n) is 11.3. The largest absolute Gasteiger partial charge is 0.444 e. The molecule has 5 heteroatoms. The third-order valence-electron chi connectivity index (χ3n) is 2.22. The highest BCUT2D eigenvalue weighted by Gasteiger charge is 2.17. The van der Waals surface area contributed by atoms with Crippen LogP contribution in [-0.4, -0.2) is 18.0 Å². The number of benzene rings is 1. The summed E-state index contributed by atoms with van der Waals surface area (Å²) in [7, 11) is 0. The fourth-order valence-corrected chi connectivity index (χ4v) is 1.81. The van der Waals surface area contributed by atoms with E-state index in [0.717, 1.165) is 16.3 Å². The highest BCUT2D eigenvalue weighted by atomic mass is 79.9. The van der Waals surface area contributed by atoms with Crippen molar-refractivity contribution in [3.63, 3.8) is 0 Å². The standard InChI is InChI=1S/C14H18BrNO3/c1-14(2,3)19-13(18)16-12-9-10(5-4-8-17)6-7-11(12)15/h6-9H,4-5H2,1-3H3,(H,16,18). The smallest absolute Gasteiger partial charge is 0.412 e. The summed E-state index contributed by atoms with van der Waals surface area (Å²) >= 11 is 3.37. The van der Waals surface area contributed by atoms with E-state index in [1.54, 1.807) is 0 Å². The van der Waals surface area contributed by atoms with Crippen molar-refractivity contribution in [2.45, 2.75) is 39.2 Å². The number of aryl methyl sites for hydroxylation is 1. The van der Waals surface area contributed by atoms with Crippen LogP contribution in [0.2, 0.25) is 0 Å². The van der Waals surface area contributed by atoms with E-state index in [1.165, 1.54) is 0 Å². The predicted molar refractivity (Wildman–Crippen MR) is 78.4 cm³/mol. The van der Waals surface area contributed by atoms with E-state index < -0.39 is 11.7 Å². The van der Waals surface area contributed by atoms with Gasteiger partial charge in [-0.3, -0.25) is 5.32 Å². The van der Waals surface area contributed by atoms with E-state index >= 15 is 0 Å². The van der Waals surface area contributed by atoms with E-state index in [0.29, 0.717) is 18.5 Å². The number of amides is 1. The van der Waals surface area contributed by atoms with Crippen LogP contribution >= 0.6 is 15.9 Å². The maximum absolute atomic E-state index is 11.7. The maximum Gasteiger partial charge on any atom is 0.412 e. The third kappa shape index (κ3) is 5.87. The van der Waals surface area contributed by atoms with E-state index in [-0.39, 0.29) is 0 Å². The van der Waals surface area contributed by atoms with Gasteiger partial charge in [0, 0.05) is 10.9 Å². The Balaban J connectivity index is 2.76. The first-order valence-corrected chi connectivity index (χ1v) is 6.83. The third-order valence-corrected chi connectivity index (χ3v) is 2.91. The van der Waals surface area contributed by atoms with Gasteiger partial charge in [-0.05, 0) is 60.8 Å². The first-order chi connectivity index (χ1) is 8.81. The number of ether oxygens (including phenoxy) is 1. The minimum absolute atomic E-state index is 0.466. The van der Waals surface area contributed by atoms with E-state index in [1.807, 2.05) is 39.0 Å². The van der Waals surface area contributed by atoms with Crippen LogP contribution in [-0.2, 0) is 16.0 Å². The second-order valence-electron chi connectivity index (χ2n) is 5.15. The molecule has 0 spiro atoms. The Hall–Kier alpha value is -1.36. The van der Waals surface area contributed by atoms with E-state index in [4.69, 9.17) is 4.74 Å². The predicted octanol–water partition coefficient (Wildman–Crippen LogP) is 3.93. The Bertz CT molecular complexity index is 466. The SMILES string of the molecule is CC(C)(C)OC(=O)Nc1cc(CCC=O)ccc1Br. The quantitative estimate of drug-likeness (QED) is 0.852. The second kappa shape index (κ2) is 6.70. The van der Waals surface area contributed by atoms with Gasteiger partial charge >= 0.3 is 6.09 Å². The zero-order valence-corrected chi connectivity index (χ0v) is 12.9. The molecule has 19 heavy (non-hydrogen) atoms. The highest BCUT2D eigenvalue weighted by molar-refractivity contribution is 9.10. The van der Waals surface area contributed by atoms with Crippen LogP contribution in [0.15, 0.2) is 22.7 Å². The number of halogens is 1. The molecular formula is C14H18BrNO3. The lowest BCUT2D eigenvalue weighted by molar-refractivity contribution is -0.107. The number of carbonyl (C=O) groups excluding carboxylic acids is 2. The van der Waals surface area contributed by atoms with Crippen LogP contribution in [0.5, 0.6) is 0 Å². The molecule has 0 radical (unpaired) electrons. The van der Waals surface area contributed by atoms with Crippen molar-refractivity contribution in [1.29, 1.82) is 0 Å². The summed E-state index contributed by atoms with van der Waals surface area (Å²) in [6.07, 6.45) is 1.50. The first kappa shape index (κ1) is 15.7. The monoisotopic (exact) mass is 327 g/mol. The molecule has 4 nitrogen and oxygen atoms in total. The van der Waals surface area contributed by atoms with Crippen LogP contribution in [0.1, 0.15) is 32.8 Å². The van der Waals surface area contributed by atoms with Gasteiger partial charge in [-0.15, -0.1) is 0 Å². The number of aldehydes is 1. The molecule has 0 fully saturated rings. The van der Waals surface area contributed by atoms with Gasteiger partial charge in [0.1, 0.15) is 11.9 Å². The van der Waals surface area contributed by atoms with Crippen molar-refractivity contribution < 1.29 is 14.3 Å². The van der Waals surface area contributed by atoms with Crippen LogP contribution in [0.25, 0.3) is 0 Å². The molecule has 0 heterocycles. The molecule has 104 valence electrons. The van der Waals surface area contributed by atoms with Gasteiger partial charge in [-0.2, -0.15) is 0 Å². The molecule has 0 saturated carbocycles. The van der Waals surface area contributed by atoms with Gasteiger partial charge in [0.05, 0.1) is 5.69 Å². The number of carbonyl (C=O) groups is 2. The molecular weight excluding hydrogens is 310 g/mol. The summed E-state index contributed by atoms with van der Waals surface area (Å²) in [4.78, 5) is 22.1. The van der Waals surface area contributed by atoms with Gasteiger partial charge in [0.25, 0.3) is 0 Å². The summed E-state index contributed by atoms with van der Waals surface area (Å²) in [6.45, 7) is 5.42. The van der Waals surface area contributed by atoms with Gasteiger partial charge < -0.3 is 9.53 Å². The molecule has 1 aromatic carbocycles. The van der Waals surface area contributed by atoms with Crippen molar-refractivity contribution in [3.05, 3.63) is 28.2 Å². The minimum atomic E-state index is -0.536. The second-order valence-corrected chi connectivity index (χ2v) is 6.00. The first-order valence-electron chi connectivity index (χ1n) is 6.04. The Morgan fingerprint density at radius 3 is 2.68 bits per heavy atom. The zero-order chi connectivity index (χ0) is 14.5. The summed E-state index contributed by atoms with van der Waals surface area (Å²) in [5.41, 5.74) is 1.09. The molecule has 0 aliphatic rings. The highest BCUT2D eigenvalue weighted by Crippen LogP contribution is 2.24. The fraction of sp³-hybridized carbons (Fsp3) is 0.429. The summed E-state index contributed by atoms with van der Waals surface area (Å²) < 4.78 is 5.96. The molecule has 0 saturated heterocycles. The summed E-state index contributed by atoms with van der Waals surface area (Å²) in [5, 5.41) is 2.69. The Labute approximate surface area is 121 Å². The molecule has 0 aliphatic carbocycles. The molecule has 0 bridgehead atoms. The summed E-state index contributed by atoms with van der Waals surface area (Å²) in [6, 6.07) is 5.58. The van der Waals surface area contributed by atoms with E-state index in [2.05, 4.69) is 21.2 Å². The maximum atomic E-state index is 11.7. The van der Waals surface area contributed by atoms with Crippen molar-refractivity contribution in [1.82, 2.24) is 0 Å². The lowest BCUT2D eigenvalue weighted by Gasteiger charge is -2.20. The molecule has 0 aliphatic heterocycles. The van der Waals surface area contributed by atoms with Crippen LogP contribution in [0.3, 0.4) is 0 Å². The van der Waals surface area contributed by atoms with E-state index in [9.17, 15) is 9.59 Å². The Kier molecular flexibility index (Phi) is 5.54. The van der Waals surface area contributed by atoms with Crippen molar-refractivity contribution in [2.75, 3.05) is 5.32 Å². The minimum Gasteiger partial charge on any atom is -0.444 e. The average Bonchev–Trinajstić information content (AvgIpc) is 2.27. The topological polar surface area (TPSA) is 55.4 Å². The van der Waals surface area contributed by atoms with Crippen molar-refractivity contribution in [3.8, 4) is 0 Å². The Morgan fingerprint density at radius 1 is 1.42 bits per heavy atom. The number of anilines is 1. The number of hydrogen-bond donors (Lipinski definition) is 1. The number of nitrogens with one attached hydrogen (secondary N) is 1. The number of hydrogen-bond acceptors (Lipinski definition) is 3. The van der Waals surface area contributed by atoms with Crippen LogP contribution < -0.4 is 5.32 Å². The van der Waals surface area contributed by atoms with Crippen LogP contribution in [0.4, 0.5) is 10.5 Å². The van der Waals surface area contributed by atoms with Gasteiger partial charge in [0.2, 0.25) is 0 Å². The van der Waals surface area contributed by atoms with Crippen LogP contribution in [0, 0.1) is 0 Å². The van der Waals surface area contributed by atoms with Gasteiger partial charge in [0.15, 0.2) is 0 Å². The molecule has 1 amide bonds. The Morgan fingerprint density at radius 2 is 2.11 bits per heavy atom. The van der Waals surface area contributed by atoms with Gasteiger partial charge in [-0.25, -0.2) is 4.79 Å².